The Morgan fingerprint density at radius 3 is 2.57 bits per heavy atom. The summed E-state index contributed by atoms with van der Waals surface area (Å²) >= 11 is 0. The molecule has 8 nitrogen and oxygen atoms in total. The number of para-hydroxylation sites is 2. The number of aromatic nitrogens is 1. The van der Waals surface area contributed by atoms with Crippen LogP contribution in [0, 0.1) is 0 Å². The number of rotatable bonds is 9. The van der Waals surface area contributed by atoms with Crippen molar-refractivity contribution < 1.29 is 19.1 Å². The van der Waals surface area contributed by atoms with Gasteiger partial charge in [0, 0.05) is 38.6 Å². The molecule has 1 aliphatic heterocycles. The number of carbonyl (C=O) groups is 2. The lowest BCUT2D eigenvalue weighted by molar-refractivity contribution is -0.134. The number of fused-ring (bicyclic) bond motifs is 1. The summed E-state index contributed by atoms with van der Waals surface area (Å²) < 4.78 is 13.0. The fraction of sp³-hybridized carbons (Fsp3) is 0.333. The number of nitrogens with zero attached hydrogens (tertiary/aromatic N) is 3. The van der Waals surface area contributed by atoms with E-state index >= 15 is 0 Å². The second-order valence-corrected chi connectivity index (χ2v) is 8.30. The van der Waals surface area contributed by atoms with E-state index in [2.05, 4.69) is 16.0 Å². The summed E-state index contributed by atoms with van der Waals surface area (Å²) in [7, 11) is 1.58. The SMILES string of the molecule is CCOc1ccccc1NC(=O)N(CCOC)CC(=O)N1CCn2cccc2C1c1ccccc1. The maximum Gasteiger partial charge on any atom is 0.322 e. The zero-order valence-corrected chi connectivity index (χ0v) is 20.2. The minimum absolute atomic E-state index is 0.0595. The molecule has 4 rings (SSSR count). The average molecular weight is 477 g/mol. The number of amides is 3. The van der Waals surface area contributed by atoms with Crippen molar-refractivity contribution in [1.82, 2.24) is 14.4 Å². The monoisotopic (exact) mass is 476 g/mol. The Bertz CT molecular complexity index is 1130. The van der Waals surface area contributed by atoms with Gasteiger partial charge in [0.25, 0.3) is 0 Å². The van der Waals surface area contributed by atoms with E-state index in [1.165, 1.54) is 4.90 Å². The van der Waals surface area contributed by atoms with Gasteiger partial charge in [-0.3, -0.25) is 4.79 Å². The zero-order valence-electron chi connectivity index (χ0n) is 20.2. The van der Waals surface area contributed by atoms with Gasteiger partial charge in [-0.2, -0.15) is 0 Å². The van der Waals surface area contributed by atoms with Gasteiger partial charge in [0.15, 0.2) is 0 Å². The van der Waals surface area contributed by atoms with Crippen molar-refractivity contribution in [3.63, 3.8) is 0 Å². The Morgan fingerprint density at radius 2 is 1.80 bits per heavy atom. The topological polar surface area (TPSA) is 76.0 Å². The van der Waals surface area contributed by atoms with Gasteiger partial charge < -0.3 is 29.2 Å². The maximum absolute atomic E-state index is 13.6. The van der Waals surface area contributed by atoms with Crippen LogP contribution in [0.1, 0.15) is 24.2 Å². The largest absolute Gasteiger partial charge is 0.492 e. The summed E-state index contributed by atoms with van der Waals surface area (Å²) in [6.45, 7) is 4.19. The van der Waals surface area contributed by atoms with E-state index in [1.807, 2.05) is 66.6 Å². The van der Waals surface area contributed by atoms with Crippen molar-refractivity contribution in [2.45, 2.75) is 19.5 Å². The smallest absolute Gasteiger partial charge is 0.322 e. The average Bonchev–Trinajstić information content (AvgIpc) is 3.36. The van der Waals surface area contributed by atoms with E-state index in [-0.39, 0.29) is 31.1 Å². The van der Waals surface area contributed by atoms with Crippen molar-refractivity contribution >= 4 is 17.6 Å². The van der Waals surface area contributed by atoms with Crippen molar-refractivity contribution in [3.05, 3.63) is 84.2 Å². The number of hydrogen-bond donors (Lipinski definition) is 1. The molecule has 1 atom stereocenters. The predicted octanol–water partition coefficient (Wildman–Crippen LogP) is 4.00. The van der Waals surface area contributed by atoms with Gasteiger partial charge in [-0.05, 0) is 36.8 Å². The summed E-state index contributed by atoms with van der Waals surface area (Å²) in [4.78, 5) is 30.2. The molecule has 0 bridgehead atoms. The normalized spacial score (nSPS) is 14.8. The number of urea groups is 1. The Labute approximate surface area is 206 Å². The van der Waals surface area contributed by atoms with Crippen LogP contribution >= 0.6 is 0 Å². The number of ether oxygens (including phenoxy) is 2. The Balaban J connectivity index is 1.54. The van der Waals surface area contributed by atoms with Crippen LogP contribution in [0.5, 0.6) is 5.75 Å². The van der Waals surface area contributed by atoms with Gasteiger partial charge in [-0.25, -0.2) is 4.79 Å². The van der Waals surface area contributed by atoms with Gasteiger partial charge in [0.2, 0.25) is 5.91 Å². The highest BCUT2D eigenvalue weighted by molar-refractivity contribution is 5.93. The molecule has 0 aliphatic carbocycles. The Hall–Kier alpha value is -3.78. The molecular weight excluding hydrogens is 444 g/mol. The fourth-order valence-electron chi connectivity index (χ4n) is 4.39. The molecule has 2 aromatic carbocycles. The lowest BCUT2D eigenvalue weighted by Crippen LogP contribution is -2.49. The van der Waals surface area contributed by atoms with Crippen molar-refractivity contribution in [1.29, 1.82) is 0 Å². The van der Waals surface area contributed by atoms with Crippen LogP contribution in [0.4, 0.5) is 10.5 Å². The maximum atomic E-state index is 13.6. The first-order chi connectivity index (χ1) is 17.1. The number of nitrogens with one attached hydrogen (secondary N) is 1. The summed E-state index contributed by atoms with van der Waals surface area (Å²) in [5.74, 6) is 0.470. The molecule has 3 aromatic rings. The third-order valence-electron chi connectivity index (χ3n) is 6.08. The molecule has 2 heterocycles. The first kappa shape index (κ1) is 24.3. The van der Waals surface area contributed by atoms with Crippen LogP contribution in [0.15, 0.2) is 72.9 Å². The molecule has 1 aliphatic rings. The molecule has 8 heteroatoms. The predicted molar refractivity (Wildman–Crippen MR) is 135 cm³/mol. The quantitative estimate of drug-likeness (QED) is 0.507. The minimum atomic E-state index is -0.376. The van der Waals surface area contributed by atoms with Gasteiger partial charge in [-0.1, -0.05) is 42.5 Å². The highest BCUT2D eigenvalue weighted by atomic mass is 16.5. The fourth-order valence-corrected chi connectivity index (χ4v) is 4.39. The summed E-state index contributed by atoms with van der Waals surface area (Å²) in [6, 6.07) is 20.7. The molecule has 184 valence electrons. The third kappa shape index (κ3) is 5.66. The standard InChI is InChI=1S/C27H32N4O4/c1-3-35-24-14-8-7-12-22(24)28-27(33)30(18-19-34-2)20-25(32)31-17-16-29-15-9-13-23(29)26(31)21-10-5-4-6-11-21/h4-15,26H,3,16-20H2,1-2H3,(H,28,33). The van der Waals surface area contributed by atoms with Gasteiger partial charge in [-0.15, -0.1) is 0 Å². The second kappa shape index (κ2) is 11.6. The molecule has 1 N–H and O–H groups in total. The number of hydrogen-bond acceptors (Lipinski definition) is 4. The van der Waals surface area contributed by atoms with E-state index in [9.17, 15) is 9.59 Å². The van der Waals surface area contributed by atoms with Gasteiger partial charge in [0.05, 0.1) is 24.9 Å². The number of benzene rings is 2. The van der Waals surface area contributed by atoms with Crippen LogP contribution < -0.4 is 10.1 Å². The molecule has 0 saturated heterocycles. The molecule has 3 amide bonds. The molecule has 0 fully saturated rings. The van der Waals surface area contributed by atoms with Crippen LogP contribution in [-0.4, -0.2) is 66.3 Å². The van der Waals surface area contributed by atoms with E-state index in [1.54, 1.807) is 19.2 Å². The number of carbonyl (C=O) groups excluding carboxylic acids is 2. The molecular formula is C27H32N4O4. The van der Waals surface area contributed by atoms with Crippen molar-refractivity contribution in [3.8, 4) is 5.75 Å². The molecule has 1 unspecified atom stereocenters. The van der Waals surface area contributed by atoms with E-state index in [0.717, 1.165) is 11.3 Å². The van der Waals surface area contributed by atoms with Crippen LogP contribution in [0.3, 0.4) is 0 Å². The minimum Gasteiger partial charge on any atom is -0.492 e. The van der Waals surface area contributed by atoms with Crippen molar-refractivity contribution in [2.24, 2.45) is 0 Å². The first-order valence-corrected chi connectivity index (χ1v) is 11.9. The number of anilines is 1. The summed E-state index contributed by atoms with van der Waals surface area (Å²) in [5, 5.41) is 2.90. The highest BCUT2D eigenvalue weighted by Gasteiger charge is 2.33. The second-order valence-electron chi connectivity index (χ2n) is 8.30. The number of methoxy groups -OCH3 is 1. The van der Waals surface area contributed by atoms with Crippen LogP contribution in [0.2, 0.25) is 0 Å². The third-order valence-corrected chi connectivity index (χ3v) is 6.08. The summed E-state index contributed by atoms with van der Waals surface area (Å²) in [5.41, 5.74) is 2.67. The Morgan fingerprint density at radius 1 is 1.03 bits per heavy atom. The molecule has 0 spiro atoms. The van der Waals surface area contributed by atoms with Crippen molar-refractivity contribution in [2.75, 3.05) is 45.3 Å². The lowest BCUT2D eigenvalue weighted by Gasteiger charge is -2.38. The molecule has 0 saturated carbocycles. The summed E-state index contributed by atoms with van der Waals surface area (Å²) in [6.07, 6.45) is 2.04. The van der Waals surface area contributed by atoms with E-state index in [0.29, 0.717) is 37.7 Å². The van der Waals surface area contributed by atoms with Gasteiger partial charge >= 0.3 is 6.03 Å². The first-order valence-electron chi connectivity index (χ1n) is 11.9. The molecule has 0 radical (unpaired) electrons. The van der Waals surface area contributed by atoms with Crippen LogP contribution in [-0.2, 0) is 16.1 Å². The zero-order chi connectivity index (χ0) is 24.6. The molecule has 35 heavy (non-hydrogen) atoms. The van der Waals surface area contributed by atoms with Crippen LogP contribution in [0.25, 0.3) is 0 Å². The van der Waals surface area contributed by atoms with E-state index < -0.39 is 0 Å². The van der Waals surface area contributed by atoms with Gasteiger partial charge in [0.1, 0.15) is 12.3 Å². The Kier molecular flexibility index (Phi) is 8.05. The highest BCUT2D eigenvalue weighted by Crippen LogP contribution is 2.32. The van der Waals surface area contributed by atoms with E-state index in [4.69, 9.17) is 9.47 Å². The molecule has 1 aromatic heterocycles. The lowest BCUT2D eigenvalue weighted by atomic mass is 10.00.